The summed E-state index contributed by atoms with van der Waals surface area (Å²) in [7, 11) is 0. The van der Waals surface area contributed by atoms with Crippen molar-refractivity contribution in [1.82, 2.24) is 4.90 Å². The van der Waals surface area contributed by atoms with Crippen LogP contribution >= 0.6 is 0 Å². The van der Waals surface area contributed by atoms with Crippen LogP contribution in [0.3, 0.4) is 0 Å². The second-order valence-electron chi connectivity index (χ2n) is 6.64. The Kier molecular flexibility index (Phi) is 5.90. The highest BCUT2D eigenvalue weighted by atomic mass is 19.4. The van der Waals surface area contributed by atoms with E-state index in [1.54, 1.807) is 25.7 Å². The number of carbonyl (C=O) groups excluding carboxylic acids is 1. The van der Waals surface area contributed by atoms with Gasteiger partial charge in [0.05, 0.1) is 0 Å². The zero-order valence-corrected chi connectivity index (χ0v) is 12.9. The molecule has 1 rings (SSSR count). The highest BCUT2D eigenvalue weighted by molar-refractivity contribution is 5.68. The summed E-state index contributed by atoms with van der Waals surface area (Å²) in [5, 5.41) is 0. The molecule has 0 saturated carbocycles. The molecule has 124 valence electrons. The first kappa shape index (κ1) is 18.1. The van der Waals surface area contributed by atoms with Crippen LogP contribution in [0.15, 0.2) is 0 Å². The fraction of sp³-hybridized carbons (Fsp3) is 0.929. The average Bonchev–Trinajstić information content (AvgIpc) is 2.33. The third kappa shape index (κ3) is 6.54. The van der Waals surface area contributed by atoms with Crippen LogP contribution in [0.2, 0.25) is 0 Å². The average molecular weight is 310 g/mol. The molecule has 1 fully saturated rings. The van der Waals surface area contributed by atoms with Crippen LogP contribution in [0.4, 0.5) is 18.0 Å². The molecule has 1 unspecified atom stereocenters. The van der Waals surface area contributed by atoms with E-state index in [1.165, 1.54) is 0 Å². The Labute approximate surface area is 123 Å². The molecule has 1 heterocycles. The van der Waals surface area contributed by atoms with E-state index in [4.69, 9.17) is 10.5 Å². The van der Waals surface area contributed by atoms with Gasteiger partial charge in [-0.3, -0.25) is 0 Å². The van der Waals surface area contributed by atoms with Gasteiger partial charge in [0.15, 0.2) is 0 Å². The molecule has 1 amide bonds. The van der Waals surface area contributed by atoms with Gasteiger partial charge in [-0.1, -0.05) is 0 Å². The predicted molar refractivity (Wildman–Crippen MR) is 73.8 cm³/mol. The van der Waals surface area contributed by atoms with Crippen LogP contribution in [0.1, 0.15) is 46.5 Å². The molecule has 1 aliphatic rings. The van der Waals surface area contributed by atoms with E-state index in [-0.39, 0.29) is 18.4 Å². The number of hydrogen-bond donors (Lipinski definition) is 1. The minimum atomic E-state index is -4.32. The molecule has 7 heteroatoms. The molecular formula is C14H25F3N2O2. The van der Waals surface area contributed by atoms with Crippen LogP contribution in [-0.4, -0.2) is 41.9 Å². The minimum Gasteiger partial charge on any atom is -0.444 e. The molecule has 0 aromatic heterocycles. The van der Waals surface area contributed by atoms with Crippen molar-refractivity contribution < 1.29 is 22.7 Å². The second-order valence-corrected chi connectivity index (χ2v) is 6.64. The van der Waals surface area contributed by atoms with E-state index >= 15 is 0 Å². The Bertz CT molecular complexity index is 345. The molecule has 0 aliphatic carbocycles. The zero-order chi connectivity index (χ0) is 16.3. The first-order valence-corrected chi connectivity index (χ1v) is 7.29. The van der Waals surface area contributed by atoms with E-state index in [1.807, 2.05) is 0 Å². The fourth-order valence-corrected chi connectivity index (χ4v) is 2.31. The lowest BCUT2D eigenvalue weighted by Gasteiger charge is -2.33. The smallest absolute Gasteiger partial charge is 0.410 e. The third-order valence-electron chi connectivity index (χ3n) is 3.57. The molecule has 2 N–H and O–H groups in total. The highest BCUT2D eigenvalue weighted by Gasteiger charge is 2.37. The number of ether oxygens (including phenoxy) is 1. The second kappa shape index (κ2) is 6.85. The Morgan fingerprint density at radius 3 is 2.24 bits per heavy atom. The van der Waals surface area contributed by atoms with E-state index in [0.717, 1.165) is 0 Å². The van der Waals surface area contributed by atoms with Gasteiger partial charge in [0.25, 0.3) is 0 Å². The van der Waals surface area contributed by atoms with Crippen molar-refractivity contribution in [2.45, 2.75) is 64.3 Å². The van der Waals surface area contributed by atoms with Gasteiger partial charge in [0.1, 0.15) is 11.6 Å². The van der Waals surface area contributed by atoms with Crippen molar-refractivity contribution in [3.8, 4) is 0 Å². The van der Waals surface area contributed by atoms with Gasteiger partial charge in [-0.15, -0.1) is 0 Å². The van der Waals surface area contributed by atoms with E-state index in [9.17, 15) is 18.0 Å². The van der Waals surface area contributed by atoms with Crippen molar-refractivity contribution in [1.29, 1.82) is 0 Å². The summed E-state index contributed by atoms with van der Waals surface area (Å²) >= 11 is 0. The normalized spacial score (nSPS) is 19.5. The van der Waals surface area contributed by atoms with Crippen molar-refractivity contribution >= 4 is 6.09 Å². The number of hydrogen-bond acceptors (Lipinski definition) is 3. The monoisotopic (exact) mass is 310 g/mol. The predicted octanol–water partition coefficient (Wildman–Crippen LogP) is 3.30. The SMILES string of the molecule is CC(C)(C)OC(=O)N1CCC(CCC(N)C(F)(F)F)CC1. The number of halogens is 3. The maximum absolute atomic E-state index is 12.3. The number of carbonyl (C=O) groups is 1. The number of alkyl halides is 3. The van der Waals surface area contributed by atoms with Crippen LogP contribution in [0.5, 0.6) is 0 Å². The molecule has 0 aromatic rings. The summed E-state index contributed by atoms with van der Waals surface area (Å²) in [5.74, 6) is 0.192. The number of amides is 1. The fourth-order valence-electron chi connectivity index (χ4n) is 2.31. The van der Waals surface area contributed by atoms with Gasteiger partial charge in [0.2, 0.25) is 0 Å². The quantitative estimate of drug-likeness (QED) is 0.870. The lowest BCUT2D eigenvalue weighted by atomic mass is 9.91. The molecule has 4 nitrogen and oxygen atoms in total. The van der Waals surface area contributed by atoms with Crippen LogP contribution in [0, 0.1) is 5.92 Å². The van der Waals surface area contributed by atoms with Crippen LogP contribution < -0.4 is 5.73 Å². The Morgan fingerprint density at radius 2 is 1.81 bits per heavy atom. The maximum Gasteiger partial charge on any atom is 0.410 e. The Hall–Kier alpha value is -0.980. The van der Waals surface area contributed by atoms with E-state index < -0.39 is 17.8 Å². The number of likely N-dealkylation sites (tertiary alicyclic amines) is 1. The van der Waals surface area contributed by atoms with E-state index in [0.29, 0.717) is 32.4 Å². The standard InChI is InChI=1S/C14H25F3N2O2/c1-13(2,3)21-12(20)19-8-6-10(7-9-19)4-5-11(18)14(15,16)17/h10-11H,4-9,18H2,1-3H3. The summed E-state index contributed by atoms with van der Waals surface area (Å²) in [5.41, 5.74) is 4.57. The van der Waals surface area contributed by atoms with Crippen LogP contribution in [-0.2, 0) is 4.74 Å². The molecule has 0 radical (unpaired) electrons. The zero-order valence-electron chi connectivity index (χ0n) is 12.9. The van der Waals surface area contributed by atoms with Gasteiger partial charge in [-0.25, -0.2) is 4.79 Å². The number of piperidine rings is 1. The molecule has 0 spiro atoms. The first-order chi connectivity index (χ1) is 9.49. The Balaban J connectivity index is 2.31. The van der Waals surface area contributed by atoms with Crippen molar-refractivity contribution in [3.63, 3.8) is 0 Å². The summed E-state index contributed by atoms with van der Waals surface area (Å²) < 4.78 is 42.3. The lowest BCUT2D eigenvalue weighted by molar-refractivity contribution is -0.149. The number of rotatable bonds is 3. The summed E-state index contributed by atoms with van der Waals surface area (Å²) in [4.78, 5) is 13.5. The third-order valence-corrected chi connectivity index (χ3v) is 3.57. The van der Waals surface area contributed by atoms with Crippen molar-refractivity contribution in [2.75, 3.05) is 13.1 Å². The van der Waals surface area contributed by atoms with Gasteiger partial charge in [-0.05, 0) is 52.4 Å². The molecule has 0 aromatic carbocycles. The van der Waals surface area contributed by atoms with Gasteiger partial charge < -0.3 is 15.4 Å². The van der Waals surface area contributed by atoms with Gasteiger partial charge in [0, 0.05) is 13.1 Å². The molecule has 21 heavy (non-hydrogen) atoms. The Morgan fingerprint density at radius 1 is 1.29 bits per heavy atom. The van der Waals surface area contributed by atoms with Crippen LogP contribution in [0.25, 0.3) is 0 Å². The summed E-state index contributed by atoms with van der Waals surface area (Å²) in [6.45, 7) is 6.46. The van der Waals surface area contributed by atoms with E-state index in [2.05, 4.69) is 0 Å². The minimum absolute atomic E-state index is 0.0550. The summed E-state index contributed by atoms with van der Waals surface area (Å²) in [6.07, 6.45) is -2.89. The topological polar surface area (TPSA) is 55.6 Å². The number of nitrogens with two attached hydrogens (primary N) is 1. The molecule has 1 atom stereocenters. The lowest BCUT2D eigenvalue weighted by Crippen LogP contribution is -2.42. The summed E-state index contributed by atoms with van der Waals surface area (Å²) in [6, 6.07) is -1.75. The molecular weight excluding hydrogens is 285 g/mol. The maximum atomic E-state index is 12.3. The number of nitrogens with zero attached hydrogens (tertiary/aromatic N) is 1. The highest BCUT2D eigenvalue weighted by Crippen LogP contribution is 2.27. The first-order valence-electron chi connectivity index (χ1n) is 7.29. The van der Waals surface area contributed by atoms with Gasteiger partial charge in [-0.2, -0.15) is 13.2 Å². The molecule has 1 saturated heterocycles. The van der Waals surface area contributed by atoms with Crippen molar-refractivity contribution in [3.05, 3.63) is 0 Å². The molecule has 1 aliphatic heterocycles. The van der Waals surface area contributed by atoms with Crippen molar-refractivity contribution in [2.24, 2.45) is 11.7 Å². The molecule has 0 bridgehead atoms. The largest absolute Gasteiger partial charge is 0.444 e. The van der Waals surface area contributed by atoms with Gasteiger partial charge >= 0.3 is 12.3 Å².